The predicted octanol–water partition coefficient (Wildman–Crippen LogP) is 1.65. The maximum Gasteiger partial charge on any atom is 0.269 e. The first-order valence-electron chi connectivity index (χ1n) is 5.84. The molecule has 0 fully saturated rings. The molecule has 0 saturated carbocycles. The Morgan fingerprint density at radius 1 is 1.35 bits per heavy atom. The molecule has 2 N–H and O–H groups in total. The number of amides is 1. The molecule has 2 rings (SSSR count). The highest BCUT2D eigenvalue weighted by Crippen LogP contribution is 2.12. The fraction of sp³-hybridized carbons (Fsp3) is 0.0769. The summed E-state index contributed by atoms with van der Waals surface area (Å²) in [5.41, 5.74) is 1.54. The summed E-state index contributed by atoms with van der Waals surface area (Å²) in [4.78, 5) is 21.6. The largest absolute Gasteiger partial charge is 0.347 e. The number of carbonyl (C=O) groups is 1. The Kier molecular flexibility index (Phi) is 4.23. The zero-order chi connectivity index (χ0) is 14.4. The molecule has 2 aromatic rings. The topological polar surface area (TPSA) is 101 Å². The molecule has 0 bridgehead atoms. The number of rotatable bonds is 5. The van der Waals surface area contributed by atoms with E-state index in [0.717, 1.165) is 5.69 Å². The van der Waals surface area contributed by atoms with Crippen LogP contribution in [0.2, 0.25) is 0 Å². The second-order valence-corrected chi connectivity index (χ2v) is 3.98. The number of nitrogens with zero attached hydrogens (tertiary/aromatic N) is 2. The van der Waals surface area contributed by atoms with E-state index in [1.165, 1.54) is 18.2 Å². The van der Waals surface area contributed by atoms with E-state index < -0.39 is 4.92 Å². The lowest BCUT2D eigenvalue weighted by atomic mass is 10.2. The molecule has 0 unspecified atom stereocenters. The molecule has 0 radical (unpaired) electrons. The first-order chi connectivity index (χ1) is 9.65. The molecule has 0 saturated heterocycles. The predicted molar refractivity (Wildman–Crippen MR) is 72.6 cm³/mol. The van der Waals surface area contributed by atoms with Gasteiger partial charge in [-0.25, -0.2) is 0 Å². The number of hydrogen-bond donors (Lipinski definition) is 2. The molecule has 0 aliphatic carbocycles. The third-order valence-corrected chi connectivity index (χ3v) is 2.54. The Morgan fingerprint density at radius 2 is 2.10 bits per heavy atom. The first kappa shape index (κ1) is 13.5. The molecule has 0 aliphatic rings. The molecular weight excluding hydrogens is 260 g/mol. The number of nitro benzene ring substituents is 1. The second-order valence-electron chi connectivity index (χ2n) is 3.98. The molecule has 7 nitrogen and oxygen atoms in total. The Hall–Kier alpha value is -2.96. The summed E-state index contributed by atoms with van der Waals surface area (Å²) >= 11 is 0. The lowest BCUT2D eigenvalue weighted by Crippen LogP contribution is -2.20. The van der Waals surface area contributed by atoms with Crippen LogP contribution >= 0.6 is 0 Å². The zero-order valence-corrected chi connectivity index (χ0v) is 10.4. The van der Waals surface area contributed by atoms with Crippen LogP contribution in [0.25, 0.3) is 6.08 Å². The van der Waals surface area contributed by atoms with Gasteiger partial charge in [0.05, 0.1) is 17.2 Å². The van der Waals surface area contributed by atoms with Crippen LogP contribution in [0.5, 0.6) is 0 Å². The van der Waals surface area contributed by atoms with Gasteiger partial charge in [0.15, 0.2) is 0 Å². The van der Waals surface area contributed by atoms with Crippen molar-refractivity contribution in [1.29, 1.82) is 0 Å². The maximum atomic E-state index is 11.5. The molecule has 102 valence electrons. The molecule has 7 heteroatoms. The highest BCUT2D eigenvalue weighted by Gasteiger charge is 2.02. The molecular formula is C13H12N4O3. The van der Waals surface area contributed by atoms with Crippen LogP contribution in [0.4, 0.5) is 5.69 Å². The standard InChI is InChI=1S/C13H12N4O3/c18-13(14-9-11-7-8-15-16-11)6-3-10-1-4-12(5-2-10)17(19)20/h1-8H,9H2,(H,14,18)(H,15,16). The third-order valence-electron chi connectivity index (χ3n) is 2.54. The van der Waals surface area contributed by atoms with Crippen molar-refractivity contribution in [1.82, 2.24) is 15.5 Å². The molecule has 20 heavy (non-hydrogen) atoms. The van der Waals surface area contributed by atoms with Gasteiger partial charge in [-0.05, 0) is 29.8 Å². The average molecular weight is 272 g/mol. The molecule has 1 heterocycles. The summed E-state index contributed by atoms with van der Waals surface area (Å²) < 4.78 is 0. The first-order valence-corrected chi connectivity index (χ1v) is 5.84. The number of aromatic amines is 1. The van der Waals surface area contributed by atoms with Crippen LogP contribution in [0, 0.1) is 10.1 Å². The Morgan fingerprint density at radius 3 is 2.70 bits per heavy atom. The van der Waals surface area contributed by atoms with Gasteiger partial charge in [0.2, 0.25) is 5.91 Å². The third kappa shape index (κ3) is 3.77. The van der Waals surface area contributed by atoms with E-state index in [0.29, 0.717) is 12.1 Å². The van der Waals surface area contributed by atoms with E-state index in [4.69, 9.17) is 0 Å². The van der Waals surface area contributed by atoms with Crippen LogP contribution in [0.3, 0.4) is 0 Å². The van der Waals surface area contributed by atoms with Crippen LogP contribution in [-0.4, -0.2) is 21.0 Å². The molecule has 0 spiro atoms. The summed E-state index contributed by atoms with van der Waals surface area (Å²) in [6.07, 6.45) is 4.57. The molecule has 1 amide bonds. The minimum absolute atomic E-state index is 0.0193. The van der Waals surface area contributed by atoms with Gasteiger partial charge in [-0.2, -0.15) is 5.10 Å². The lowest BCUT2D eigenvalue weighted by Gasteiger charge is -1.99. The highest BCUT2D eigenvalue weighted by atomic mass is 16.6. The second kappa shape index (κ2) is 6.28. The summed E-state index contributed by atoms with van der Waals surface area (Å²) in [5.74, 6) is -0.252. The van der Waals surface area contributed by atoms with Crippen LogP contribution < -0.4 is 5.32 Å². The fourth-order valence-corrected chi connectivity index (χ4v) is 1.50. The van der Waals surface area contributed by atoms with E-state index in [1.807, 2.05) is 0 Å². The van der Waals surface area contributed by atoms with Crippen LogP contribution in [0.15, 0.2) is 42.6 Å². The quantitative estimate of drug-likeness (QED) is 0.491. The van der Waals surface area contributed by atoms with E-state index in [9.17, 15) is 14.9 Å². The SMILES string of the molecule is O=C(C=Cc1ccc([N+](=O)[O-])cc1)NCc1ccn[nH]1. The van der Waals surface area contributed by atoms with Gasteiger partial charge in [0.25, 0.3) is 5.69 Å². The van der Waals surface area contributed by atoms with Crippen molar-refractivity contribution in [2.45, 2.75) is 6.54 Å². The van der Waals surface area contributed by atoms with E-state index in [-0.39, 0.29) is 11.6 Å². The summed E-state index contributed by atoms with van der Waals surface area (Å²) in [7, 11) is 0. The number of H-pyrrole nitrogens is 1. The van der Waals surface area contributed by atoms with Crippen molar-refractivity contribution >= 4 is 17.7 Å². The number of benzene rings is 1. The average Bonchev–Trinajstić information content (AvgIpc) is 2.96. The number of hydrogen-bond acceptors (Lipinski definition) is 4. The molecule has 0 aliphatic heterocycles. The highest BCUT2D eigenvalue weighted by molar-refractivity contribution is 5.91. The van der Waals surface area contributed by atoms with Gasteiger partial charge in [-0.15, -0.1) is 0 Å². The summed E-state index contributed by atoms with van der Waals surface area (Å²) in [5, 5.41) is 19.7. The van der Waals surface area contributed by atoms with Crippen LogP contribution in [-0.2, 0) is 11.3 Å². The Bertz CT molecular complexity index is 618. The summed E-state index contributed by atoms with van der Waals surface area (Å²) in [6, 6.07) is 7.71. The van der Waals surface area contributed by atoms with E-state index in [1.54, 1.807) is 30.5 Å². The number of carbonyl (C=O) groups excluding carboxylic acids is 1. The Balaban J connectivity index is 1.88. The summed E-state index contributed by atoms with van der Waals surface area (Å²) in [6.45, 7) is 0.365. The molecule has 1 aromatic carbocycles. The van der Waals surface area contributed by atoms with Crippen molar-refractivity contribution in [3.63, 3.8) is 0 Å². The van der Waals surface area contributed by atoms with Crippen LogP contribution in [0.1, 0.15) is 11.3 Å². The van der Waals surface area contributed by atoms with Crippen molar-refractivity contribution in [2.24, 2.45) is 0 Å². The number of nitrogens with one attached hydrogen (secondary N) is 2. The Labute approximate surface area is 114 Å². The normalized spacial score (nSPS) is 10.6. The molecule has 0 atom stereocenters. The van der Waals surface area contributed by atoms with Gasteiger partial charge >= 0.3 is 0 Å². The number of nitro groups is 1. The number of aromatic nitrogens is 2. The van der Waals surface area contributed by atoms with E-state index in [2.05, 4.69) is 15.5 Å². The van der Waals surface area contributed by atoms with Crippen molar-refractivity contribution in [3.05, 3.63) is 64.0 Å². The molecule has 1 aromatic heterocycles. The smallest absolute Gasteiger partial charge is 0.269 e. The van der Waals surface area contributed by atoms with Gasteiger partial charge in [0, 0.05) is 24.4 Å². The maximum absolute atomic E-state index is 11.5. The lowest BCUT2D eigenvalue weighted by molar-refractivity contribution is -0.384. The van der Waals surface area contributed by atoms with Gasteiger partial charge in [-0.1, -0.05) is 0 Å². The fourth-order valence-electron chi connectivity index (χ4n) is 1.50. The van der Waals surface area contributed by atoms with Gasteiger partial charge in [-0.3, -0.25) is 20.0 Å². The van der Waals surface area contributed by atoms with Crippen molar-refractivity contribution in [3.8, 4) is 0 Å². The minimum Gasteiger partial charge on any atom is -0.347 e. The van der Waals surface area contributed by atoms with Crippen molar-refractivity contribution < 1.29 is 9.72 Å². The monoisotopic (exact) mass is 272 g/mol. The van der Waals surface area contributed by atoms with Gasteiger partial charge < -0.3 is 5.32 Å². The van der Waals surface area contributed by atoms with E-state index >= 15 is 0 Å². The van der Waals surface area contributed by atoms with Crippen molar-refractivity contribution in [2.75, 3.05) is 0 Å². The van der Waals surface area contributed by atoms with Gasteiger partial charge in [0.1, 0.15) is 0 Å². The zero-order valence-electron chi connectivity index (χ0n) is 10.4. The number of non-ortho nitro benzene ring substituents is 1. The minimum atomic E-state index is -0.468.